The van der Waals surface area contributed by atoms with E-state index in [4.69, 9.17) is 15.0 Å². The number of aryl methyl sites for hydroxylation is 1. The number of carbonyl (C=O) groups excluding carboxylic acids is 1. The molecule has 1 aliphatic carbocycles. The van der Waals surface area contributed by atoms with E-state index in [2.05, 4.69) is 20.6 Å². The van der Waals surface area contributed by atoms with Crippen LogP contribution in [0.25, 0.3) is 0 Å². The molecule has 0 saturated heterocycles. The number of pyridine rings is 1. The van der Waals surface area contributed by atoms with E-state index in [1.165, 1.54) is 0 Å². The fourth-order valence-electron chi connectivity index (χ4n) is 4.25. The van der Waals surface area contributed by atoms with Crippen molar-refractivity contribution >= 4 is 23.4 Å². The molecular formula is C22H27N7O2. The second-order valence-electron chi connectivity index (χ2n) is 8.57. The zero-order valence-electron chi connectivity index (χ0n) is 18.2. The van der Waals surface area contributed by atoms with Crippen LogP contribution in [-0.2, 0) is 4.79 Å². The van der Waals surface area contributed by atoms with Gasteiger partial charge in [-0.15, -0.1) is 0 Å². The molecule has 1 aliphatic heterocycles. The zero-order chi connectivity index (χ0) is 22.1. The van der Waals surface area contributed by atoms with Gasteiger partial charge in [0.2, 0.25) is 11.9 Å². The Balaban J connectivity index is 1.37. The molecule has 2 aliphatic rings. The average molecular weight is 422 g/mol. The number of aromatic nitrogens is 3. The van der Waals surface area contributed by atoms with Gasteiger partial charge in [0, 0.05) is 19.3 Å². The van der Waals surface area contributed by atoms with E-state index >= 15 is 0 Å². The molecule has 31 heavy (non-hydrogen) atoms. The first-order valence-electron chi connectivity index (χ1n) is 10.5. The number of nitrogens with zero attached hydrogens (tertiary/aromatic N) is 5. The molecular weight excluding hydrogens is 394 g/mol. The highest BCUT2D eigenvalue weighted by atomic mass is 16.5. The number of nitrogens with one attached hydrogen (secondary N) is 2. The first kappa shape index (κ1) is 20.8. The molecule has 1 amide bonds. The highest BCUT2D eigenvalue weighted by molar-refractivity contribution is 6.03. The Morgan fingerprint density at radius 1 is 1.39 bits per heavy atom. The molecule has 1 saturated carbocycles. The molecule has 3 heterocycles. The standard InChI is InChI=1S/C22H27N7O2/c1-12(2)19-21(30)27-18-13(3)25-22(28-20(18)29(19)4)26-15-8-14(9-15)11-31-17-6-5-7-24-16(17)10-23/h5-7,12,14-15,19H,8-9,11H2,1-4H3,(H,27,30)(H,25,26,28)/t14-,15+,19-/m0/s1. The van der Waals surface area contributed by atoms with Crippen LogP contribution in [0.4, 0.5) is 17.5 Å². The van der Waals surface area contributed by atoms with Crippen molar-refractivity contribution in [2.45, 2.75) is 45.7 Å². The Kier molecular flexibility index (Phi) is 5.63. The summed E-state index contributed by atoms with van der Waals surface area (Å²) in [6, 6.07) is 5.58. The normalized spacial score (nSPS) is 22.3. The SMILES string of the molecule is Cc1nc(N[C@H]2C[C@@H](COc3cccnc3C#N)C2)nc2c1NC(=O)[C@H](C(C)C)N2C. The number of nitriles is 1. The number of anilines is 3. The summed E-state index contributed by atoms with van der Waals surface area (Å²) in [4.78, 5) is 27.7. The predicted molar refractivity (Wildman–Crippen MR) is 117 cm³/mol. The number of ether oxygens (including phenoxy) is 1. The Labute approximate surface area is 181 Å². The molecule has 9 nitrogen and oxygen atoms in total. The van der Waals surface area contributed by atoms with Gasteiger partial charge in [-0.1, -0.05) is 13.8 Å². The molecule has 0 spiro atoms. The minimum Gasteiger partial charge on any atom is -0.490 e. The topological polar surface area (TPSA) is 116 Å². The molecule has 0 aromatic carbocycles. The van der Waals surface area contributed by atoms with Crippen molar-refractivity contribution in [2.24, 2.45) is 11.8 Å². The van der Waals surface area contributed by atoms with Gasteiger partial charge in [0.1, 0.15) is 17.8 Å². The lowest BCUT2D eigenvalue weighted by Crippen LogP contribution is -2.50. The predicted octanol–water partition coefficient (Wildman–Crippen LogP) is 2.73. The lowest BCUT2D eigenvalue weighted by molar-refractivity contribution is -0.118. The molecule has 1 fully saturated rings. The molecule has 0 unspecified atom stereocenters. The van der Waals surface area contributed by atoms with Crippen molar-refractivity contribution in [1.82, 2.24) is 15.0 Å². The minimum atomic E-state index is -0.259. The number of hydrogen-bond acceptors (Lipinski definition) is 8. The summed E-state index contributed by atoms with van der Waals surface area (Å²) in [6.45, 7) is 6.49. The van der Waals surface area contributed by atoms with E-state index in [9.17, 15) is 4.79 Å². The second kappa shape index (κ2) is 8.38. The largest absolute Gasteiger partial charge is 0.490 e. The van der Waals surface area contributed by atoms with Gasteiger partial charge in [-0.25, -0.2) is 9.97 Å². The summed E-state index contributed by atoms with van der Waals surface area (Å²) in [5.74, 6) is 2.39. The summed E-state index contributed by atoms with van der Waals surface area (Å²) in [5, 5.41) is 15.5. The van der Waals surface area contributed by atoms with E-state index in [1.807, 2.05) is 38.8 Å². The van der Waals surface area contributed by atoms with Gasteiger partial charge >= 0.3 is 0 Å². The fraction of sp³-hybridized carbons (Fsp3) is 0.500. The van der Waals surface area contributed by atoms with Crippen LogP contribution in [0.5, 0.6) is 5.75 Å². The first-order valence-corrected chi connectivity index (χ1v) is 10.5. The van der Waals surface area contributed by atoms with Crippen molar-refractivity contribution in [3.63, 3.8) is 0 Å². The molecule has 162 valence electrons. The second-order valence-corrected chi connectivity index (χ2v) is 8.57. The van der Waals surface area contributed by atoms with Crippen LogP contribution in [0.1, 0.15) is 38.1 Å². The average Bonchev–Trinajstić information content (AvgIpc) is 2.70. The molecule has 2 aromatic heterocycles. The van der Waals surface area contributed by atoms with Gasteiger partial charge in [0.05, 0.1) is 12.3 Å². The smallest absolute Gasteiger partial charge is 0.247 e. The van der Waals surface area contributed by atoms with E-state index < -0.39 is 0 Å². The van der Waals surface area contributed by atoms with Crippen molar-refractivity contribution in [3.8, 4) is 11.8 Å². The molecule has 0 radical (unpaired) electrons. The summed E-state index contributed by atoms with van der Waals surface area (Å²) < 4.78 is 5.79. The highest BCUT2D eigenvalue weighted by Crippen LogP contribution is 2.36. The number of carbonyl (C=O) groups is 1. The Hall–Kier alpha value is -3.41. The quantitative estimate of drug-likeness (QED) is 0.731. The molecule has 1 atom stereocenters. The lowest BCUT2D eigenvalue weighted by atomic mass is 9.81. The third-order valence-electron chi connectivity index (χ3n) is 5.89. The summed E-state index contributed by atoms with van der Waals surface area (Å²) in [6.07, 6.45) is 3.45. The van der Waals surface area contributed by atoms with Crippen LogP contribution < -0.4 is 20.3 Å². The van der Waals surface area contributed by atoms with Crippen molar-refractivity contribution < 1.29 is 9.53 Å². The highest BCUT2D eigenvalue weighted by Gasteiger charge is 2.36. The van der Waals surface area contributed by atoms with E-state index in [-0.39, 0.29) is 23.9 Å². The van der Waals surface area contributed by atoms with Crippen LogP contribution >= 0.6 is 0 Å². The van der Waals surface area contributed by atoms with Gasteiger partial charge in [0.25, 0.3) is 0 Å². The van der Waals surface area contributed by atoms with E-state index in [1.54, 1.807) is 18.3 Å². The third-order valence-corrected chi connectivity index (χ3v) is 5.89. The maximum atomic E-state index is 12.5. The summed E-state index contributed by atoms with van der Waals surface area (Å²) in [5.41, 5.74) is 1.74. The molecule has 2 N–H and O–H groups in total. The van der Waals surface area contributed by atoms with Crippen LogP contribution in [0, 0.1) is 30.1 Å². The maximum Gasteiger partial charge on any atom is 0.247 e. The van der Waals surface area contributed by atoms with Crippen molar-refractivity contribution in [2.75, 3.05) is 29.2 Å². The van der Waals surface area contributed by atoms with Crippen LogP contribution in [0.2, 0.25) is 0 Å². The van der Waals surface area contributed by atoms with Gasteiger partial charge in [-0.05, 0) is 43.7 Å². The molecule has 9 heteroatoms. The zero-order valence-corrected chi connectivity index (χ0v) is 18.2. The van der Waals surface area contributed by atoms with Crippen LogP contribution in [0.15, 0.2) is 18.3 Å². The number of fused-ring (bicyclic) bond motifs is 1. The number of rotatable bonds is 6. The Bertz CT molecular complexity index is 1030. The third kappa shape index (κ3) is 4.10. The van der Waals surface area contributed by atoms with Crippen LogP contribution in [-0.4, -0.2) is 46.6 Å². The number of amides is 1. The van der Waals surface area contributed by atoms with Crippen LogP contribution in [0.3, 0.4) is 0 Å². The summed E-state index contributed by atoms with van der Waals surface area (Å²) >= 11 is 0. The maximum absolute atomic E-state index is 12.5. The fourth-order valence-corrected chi connectivity index (χ4v) is 4.25. The van der Waals surface area contributed by atoms with E-state index in [0.29, 0.717) is 35.6 Å². The number of likely N-dealkylation sites (N-methyl/N-ethyl adjacent to an activating group) is 1. The van der Waals surface area contributed by atoms with Gasteiger partial charge in [-0.2, -0.15) is 10.2 Å². The summed E-state index contributed by atoms with van der Waals surface area (Å²) in [7, 11) is 1.91. The van der Waals surface area contributed by atoms with Gasteiger partial charge in [0.15, 0.2) is 17.3 Å². The van der Waals surface area contributed by atoms with Crippen molar-refractivity contribution in [1.29, 1.82) is 5.26 Å². The lowest BCUT2D eigenvalue weighted by Gasteiger charge is -2.38. The molecule has 0 bridgehead atoms. The molecule has 2 aromatic rings. The Morgan fingerprint density at radius 2 is 2.16 bits per heavy atom. The molecule has 4 rings (SSSR count). The first-order chi connectivity index (χ1) is 14.9. The minimum absolute atomic E-state index is 0.0209. The van der Waals surface area contributed by atoms with Gasteiger partial charge < -0.3 is 20.3 Å². The van der Waals surface area contributed by atoms with Gasteiger partial charge in [-0.3, -0.25) is 4.79 Å². The monoisotopic (exact) mass is 421 g/mol. The Morgan fingerprint density at radius 3 is 2.87 bits per heavy atom. The van der Waals surface area contributed by atoms with Crippen molar-refractivity contribution in [3.05, 3.63) is 29.7 Å². The number of hydrogen-bond donors (Lipinski definition) is 2. The van der Waals surface area contributed by atoms with E-state index in [0.717, 1.165) is 24.4 Å².